The van der Waals surface area contributed by atoms with Crippen molar-refractivity contribution in [2.75, 3.05) is 40.3 Å². The molecule has 0 saturated carbocycles. The average molecular weight is 356 g/mol. The molecular weight excluding hydrogens is 328 g/mol. The minimum Gasteiger partial charge on any atom is -0.376 e. The van der Waals surface area contributed by atoms with E-state index >= 15 is 0 Å². The molecule has 0 bridgehead atoms. The summed E-state index contributed by atoms with van der Waals surface area (Å²) in [6.45, 7) is 2.98. The van der Waals surface area contributed by atoms with Gasteiger partial charge >= 0.3 is 0 Å². The molecule has 1 fully saturated rings. The molecule has 3 rings (SSSR count). The lowest BCUT2D eigenvalue weighted by Gasteiger charge is -2.27. The highest BCUT2D eigenvalue weighted by atomic mass is 16.5. The summed E-state index contributed by atoms with van der Waals surface area (Å²) < 4.78 is 7.71. The Balaban J connectivity index is 1.79. The van der Waals surface area contributed by atoms with E-state index in [-0.39, 0.29) is 12.0 Å². The van der Waals surface area contributed by atoms with Crippen LogP contribution in [0.4, 0.5) is 0 Å². The Labute approximate surface area is 155 Å². The largest absolute Gasteiger partial charge is 0.376 e. The summed E-state index contributed by atoms with van der Waals surface area (Å²) in [6.07, 6.45) is 5.93. The van der Waals surface area contributed by atoms with Gasteiger partial charge in [-0.15, -0.1) is 0 Å². The van der Waals surface area contributed by atoms with Crippen LogP contribution in [-0.2, 0) is 11.8 Å². The van der Waals surface area contributed by atoms with Crippen molar-refractivity contribution in [3.63, 3.8) is 0 Å². The predicted molar refractivity (Wildman–Crippen MR) is 102 cm³/mol. The third-order valence-electron chi connectivity index (χ3n) is 4.74. The molecule has 1 aromatic heterocycles. The van der Waals surface area contributed by atoms with E-state index in [1.165, 1.54) is 0 Å². The highest BCUT2D eigenvalue weighted by Crippen LogP contribution is 2.20. The van der Waals surface area contributed by atoms with Gasteiger partial charge in [-0.1, -0.05) is 12.1 Å². The van der Waals surface area contributed by atoms with Gasteiger partial charge in [-0.05, 0) is 39.1 Å². The van der Waals surface area contributed by atoms with Gasteiger partial charge < -0.3 is 19.1 Å². The Morgan fingerprint density at radius 3 is 2.85 bits per heavy atom. The van der Waals surface area contributed by atoms with E-state index in [4.69, 9.17) is 4.74 Å². The average Bonchev–Trinajstić information content (AvgIpc) is 3.29. The SMILES string of the molecule is CN(C)CCN(C[C@H]1CCCO1)C(=O)c1cccc(-c2nccn2C)c1. The summed E-state index contributed by atoms with van der Waals surface area (Å²) in [6, 6.07) is 7.73. The summed E-state index contributed by atoms with van der Waals surface area (Å²) in [5.41, 5.74) is 1.65. The number of hydrogen-bond donors (Lipinski definition) is 0. The number of hydrogen-bond acceptors (Lipinski definition) is 4. The van der Waals surface area contributed by atoms with Crippen molar-refractivity contribution >= 4 is 5.91 Å². The van der Waals surface area contributed by atoms with Crippen LogP contribution in [0.2, 0.25) is 0 Å². The zero-order chi connectivity index (χ0) is 18.5. The van der Waals surface area contributed by atoms with Gasteiger partial charge in [-0.2, -0.15) is 0 Å². The van der Waals surface area contributed by atoms with E-state index in [1.807, 2.05) is 61.1 Å². The molecule has 0 aliphatic carbocycles. The molecule has 1 amide bonds. The molecule has 0 spiro atoms. The number of rotatable bonds is 7. The maximum atomic E-state index is 13.2. The molecule has 1 aliphatic rings. The Morgan fingerprint density at radius 1 is 1.35 bits per heavy atom. The Kier molecular flexibility index (Phi) is 6.06. The van der Waals surface area contributed by atoms with Crippen molar-refractivity contribution < 1.29 is 9.53 Å². The fourth-order valence-electron chi connectivity index (χ4n) is 3.25. The summed E-state index contributed by atoms with van der Waals surface area (Å²) in [4.78, 5) is 21.6. The van der Waals surface area contributed by atoms with Crippen LogP contribution >= 0.6 is 0 Å². The van der Waals surface area contributed by atoms with Crippen LogP contribution in [0.5, 0.6) is 0 Å². The minimum atomic E-state index is 0.0541. The number of benzene rings is 1. The van der Waals surface area contributed by atoms with Gasteiger partial charge in [0, 0.05) is 56.8 Å². The molecular formula is C20H28N4O2. The van der Waals surface area contributed by atoms with Crippen molar-refractivity contribution in [2.24, 2.45) is 7.05 Å². The first-order valence-electron chi connectivity index (χ1n) is 9.18. The van der Waals surface area contributed by atoms with Crippen molar-refractivity contribution in [3.8, 4) is 11.4 Å². The van der Waals surface area contributed by atoms with E-state index in [9.17, 15) is 4.79 Å². The third-order valence-corrected chi connectivity index (χ3v) is 4.74. The predicted octanol–water partition coefficient (Wildman–Crippen LogP) is 2.27. The monoisotopic (exact) mass is 356 g/mol. The lowest BCUT2D eigenvalue weighted by atomic mass is 10.1. The van der Waals surface area contributed by atoms with E-state index in [0.717, 1.165) is 37.4 Å². The van der Waals surface area contributed by atoms with Crippen LogP contribution in [0, 0.1) is 0 Å². The normalized spacial score (nSPS) is 17.0. The smallest absolute Gasteiger partial charge is 0.254 e. The number of carbonyl (C=O) groups excluding carboxylic acids is 1. The summed E-state index contributed by atoms with van der Waals surface area (Å²) in [5, 5.41) is 0. The second kappa shape index (κ2) is 8.47. The summed E-state index contributed by atoms with van der Waals surface area (Å²) >= 11 is 0. The fraction of sp³-hybridized carbons (Fsp3) is 0.500. The highest BCUT2D eigenvalue weighted by Gasteiger charge is 2.23. The first kappa shape index (κ1) is 18.6. The molecule has 1 atom stereocenters. The molecule has 6 nitrogen and oxygen atoms in total. The summed E-state index contributed by atoms with van der Waals surface area (Å²) in [7, 11) is 6.00. The number of carbonyl (C=O) groups is 1. The number of imidazole rings is 1. The molecule has 1 saturated heterocycles. The lowest BCUT2D eigenvalue weighted by Crippen LogP contribution is -2.41. The van der Waals surface area contributed by atoms with Gasteiger partial charge in [-0.3, -0.25) is 4.79 Å². The number of amides is 1. The third kappa shape index (κ3) is 4.51. The van der Waals surface area contributed by atoms with Gasteiger partial charge in [0.2, 0.25) is 0 Å². The fourth-order valence-corrected chi connectivity index (χ4v) is 3.25. The molecule has 2 heterocycles. The molecule has 1 aliphatic heterocycles. The summed E-state index contributed by atoms with van der Waals surface area (Å²) in [5.74, 6) is 0.914. The van der Waals surface area contributed by atoms with Crippen LogP contribution in [-0.4, -0.2) is 71.7 Å². The molecule has 2 aromatic rings. The van der Waals surface area contributed by atoms with Crippen LogP contribution < -0.4 is 0 Å². The van der Waals surface area contributed by atoms with E-state index < -0.39 is 0 Å². The molecule has 140 valence electrons. The molecule has 6 heteroatoms. The van der Waals surface area contributed by atoms with Gasteiger partial charge in [0.1, 0.15) is 5.82 Å². The van der Waals surface area contributed by atoms with E-state index in [2.05, 4.69) is 9.88 Å². The van der Waals surface area contributed by atoms with Gasteiger partial charge in [0.15, 0.2) is 0 Å². The number of aryl methyl sites for hydroxylation is 1. The van der Waals surface area contributed by atoms with Crippen LogP contribution in [0.3, 0.4) is 0 Å². The van der Waals surface area contributed by atoms with Crippen LogP contribution in [0.15, 0.2) is 36.7 Å². The second-order valence-corrected chi connectivity index (χ2v) is 7.13. The first-order chi connectivity index (χ1) is 12.5. The first-order valence-corrected chi connectivity index (χ1v) is 9.18. The second-order valence-electron chi connectivity index (χ2n) is 7.13. The zero-order valence-corrected chi connectivity index (χ0v) is 15.9. The van der Waals surface area contributed by atoms with E-state index in [0.29, 0.717) is 18.7 Å². The number of ether oxygens (including phenoxy) is 1. The maximum Gasteiger partial charge on any atom is 0.254 e. The van der Waals surface area contributed by atoms with Crippen molar-refractivity contribution in [2.45, 2.75) is 18.9 Å². The number of aromatic nitrogens is 2. The van der Waals surface area contributed by atoms with Gasteiger partial charge in [0.25, 0.3) is 5.91 Å². The topological polar surface area (TPSA) is 50.6 Å². The van der Waals surface area contributed by atoms with Crippen molar-refractivity contribution in [3.05, 3.63) is 42.2 Å². The van der Waals surface area contributed by atoms with E-state index in [1.54, 1.807) is 6.20 Å². The standard InChI is InChI=1S/C20H28N4O2/c1-22(2)11-12-24(15-18-8-5-13-26-18)20(25)17-7-4-6-16(14-17)19-21-9-10-23(19)3/h4,6-7,9-10,14,18H,5,8,11-13,15H2,1-3H3/t18-/m1/s1. The quantitative estimate of drug-likeness (QED) is 0.764. The Hall–Kier alpha value is -2.18. The Morgan fingerprint density at radius 2 is 2.19 bits per heavy atom. The molecule has 0 radical (unpaired) electrons. The number of nitrogens with zero attached hydrogens (tertiary/aromatic N) is 4. The Bertz CT molecular complexity index is 735. The lowest BCUT2D eigenvalue weighted by molar-refractivity contribution is 0.0512. The van der Waals surface area contributed by atoms with Crippen LogP contribution in [0.1, 0.15) is 23.2 Å². The molecule has 26 heavy (non-hydrogen) atoms. The van der Waals surface area contributed by atoms with Crippen molar-refractivity contribution in [1.29, 1.82) is 0 Å². The minimum absolute atomic E-state index is 0.0541. The van der Waals surface area contributed by atoms with Gasteiger partial charge in [-0.25, -0.2) is 4.98 Å². The van der Waals surface area contributed by atoms with Crippen molar-refractivity contribution in [1.82, 2.24) is 19.4 Å². The van der Waals surface area contributed by atoms with Gasteiger partial charge in [0.05, 0.1) is 6.10 Å². The number of likely N-dealkylation sites (N-methyl/N-ethyl adjacent to an activating group) is 1. The highest BCUT2D eigenvalue weighted by molar-refractivity contribution is 5.95. The molecule has 1 aromatic carbocycles. The zero-order valence-electron chi connectivity index (χ0n) is 15.9. The maximum absolute atomic E-state index is 13.2. The molecule has 0 unspecified atom stereocenters. The van der Waals surface area contributed by atoms with Crippen LogP contribution in [0.25, 0.3) is 11.4 Å². The molecule has 0 N–H and O–H groups in total.